The minimum absolute atomic E-state index is 0.431. The maximum Gasteiger partial charge on any atom is 0.110 e. The lowest BCUT2D eigenvalue weighted by Crippen LogP contribution is -2.50. The lowest BCUT2D eigenvalue weighted by molar-refractivity contribution is -0.0891. The summed E-state index contributed by atoms with van der Waals surface area (Å²) in [7, 11) is 0. The predicted molar refractivity (Wildman–Crippen MR) is 48.0 cm³/mol. The van der Waals surface area contributed by atoms with E-state index in [9.17, 15) is 0 Å². The van der Waals surface area contributed by atoms with Crippen molar-refractivity contribution in [2.75, 3.05) is 32.8 Å². The maximum atomic E-state index is 5.72. The van der Waals surface area contributed by atoms with Crippen LogP contribution in [0.4, 0.5) is 0 Å². The van der Waals surface area contributed by atoms with E-state index >= 15 is 0 Å². The summed E-state index contributed by atoms with van der Waals surface area (Å²) in [5.41, 5.74) is 0. The Morgan fingerprint density at radius 2 is 2.00 bits per heavy atom. The minimum atomic E-state index is 0.431. The monoisotopic (exact) mass is 170 g/mol. The van der Waals surface area contributed by atoms with Crippen LogP contribution in [0.2, 0.25) is 0 Å². The number of rotatable bonds is 1. The van der Waals surface area contributed by atoms with E-state index in [2.05, 4.69) is 10.2 Å². The van der Waals surface area contributed by atoms with Crippen molar-refractivity contribution in [2.24, 2.45) is 0 Å². The number of nitrogens with one attached hydrogen (secondary N) is 1. The van der Waals surface area contributed by atoms with Crippen LogP contribution in [-0.4, -0.2) is 43.9 Å². The summed E-state index contributed by atoms with van der Waals surface area (Å²) in [5, 5.41) is 3.36. The van der Waals surface area contributed by atoms with Gasteiger partial charge >= 0.3 is 0 Å². The Morgan fingerprint density at radius 1 is 1.17 bits per heavy atom. The van der Waals surface area contributed by atoms with Gasteiger partial charge in [-0.2, -0.15) is 0 Å². The lowest BCUT2D eigenvalue weighted by Gasteiger charge is -2.36. The summed E-state index contributed by atoms with van der Waals surface area (Å²) in [4.78, 5) is 2.47. The second-order valence-electron chi connectivity index (χ2n) is 3.61. The Balaban J connectivity index is 1.80. The smallest absolute Gasteiger partial charge is 0.110 e. The molecule has 1 N–H and O–H groups in total. The van der Waals surface area contributed by atoms with Crippen molar-refractivity contribution >= 4 is 0 Å². The second-order valence-corrected chi connectivity index (χ2v) is 3.61. The molecule has 1 atom stereocenters. The Bertz CT molecular complexity index is 112. The molecular weight excluding hydrogens is 152 g/mol. The van der Waals surface area contributed by atoms with E-state index in [0.29, 0.717) is 6.23 Å². The molecule has 0 aromatic carbocycles. The molecular formula is C9H18N2O. The highest BCUT2D eigenvalue weighted by Crippen LogP contribution is 2.16. The third-order valence-corrected chi connectivity index (χ3v) is 2.71. The van der Waals surface area contributed by atoms with Crippen LogP contribution >= 0.6 is 0 Å². The van der Waals surface area contributed by atoms with Crippen LogP contribution in [-0.2, 0) is 4.74 Å². The van der Waals surface area contributed by atoms with Crippen LogP contribution in [0.1, 0.15) is 19.3 Å². The van der Waals surface area contributed by atoms with Gasteiger partial charge in [0.1, 0.15) is 6.23 Å². The first-order valence-corrected chi connectivity index (χ1v) is 5.03. The Hall–Kier alpha value is -0.120. The summed E-state index contributed by atoms with van der Waals surface area (Å²) < 4.78 is 5.72. The molecule has 1 unspecified atom stereocenters. The quantitative estimate of drug-likeness (QED) is 0.617. The van der Waals surface area contributed by atoms with Gasteiger partial charge in [0.25, 0.3) is 0 Å². The summed E-state index contributed by atoms with van der Waals surface area (Å²) in [5.74, 6) is 0. The van der Waals surface area contributed by atoms with Gasteiger partial charge in [-0.05, 0) is 19.3 Å². The zero-order chi connectivity index (χ0) is 8.23. The van der Waals surface area contributed by atoms with E-state index in [-0.39, 0.29) is 0 Å². The summed E-state index contributed by atoms with van der Waals surface area (Å²) in [6.07, 6.45) is 4.26. The van der Waals surface area contributed by atoms with Gasteiger partial charge in [-0.3, -0.25) is 4.90 Å². The van der Waals surface area contributed by atoms with Gasteiger partial charge in [0.2, 0.25) is 0 Å². The first kappa shape index (κ1) is 8.48. The topological polar surface area (TPSA) is 24.5 Å². The third kappa shape index (κ3) is 1.97. The van der Waals surface area contributed by atoms with Crippen molar-refractivity contribution in [1.29, 1.82) is 0 Å². The molecule has 2 saturated heterocycles. The van der Waals surface area contributed by atoms with Crippen LogP contribution in [0, 0.1) is 0 Å². The molecule has 3 heteroatoms. The van der Waals surface area contributed by atoms with Crippen molar-refractivity contribution in [2.45, 2.75) is 25.5 Å². The number of piperazine rings is 1. The van der Waals surface area contributed by atoms with E-state index in [1.165, 1.54) is 19.3 Å². The Morgan fingerprint density at radius 3 is 2.67 bits per heavy atom. The minimum Gasteiger partial charge on any atom is -0.363 e. The first-order chi connectivity index (χ1) is 5.97. The van der Waals surface area contributed by atoms with Crippen LogP contribution in [0.25, 0.3) is 0 Å². The van der Waals surface area contributed by atoms with E-state index in [4.69, 9.17) is 4.74 Å². The number of nitrogens with zero attached hydrogens (tertiary/aromatic N) is 1. The molecule has 2 heterocycles. The first-order valence-electron chi connectivity index (χ1n) is 5.03. The van der Waals surface area contributed by atoms with Gasteiger partial charge in [0, 0.05) is 32.8 Å². The van der Waals surface area contributed by atoms with Gasteiger partial charge in [-0.1, -0.05) is 0 Å². The molecule has 0 amide bonds. The number of ether oxygens (including phenoxy) is 1. The summed E-state index contributed by atoms with van der Waals surface area (Å²) >= 11 is 0. The van der Waals surface area contributed by atoms with Gasteiger partial charge < -0.3 is 10.1 Å². The van der Waals surface area contributed by atoms with Crippen molar-refractivity contribution in [3.63, 3.8) is 0 Å². The SMILES string of the molecule is C1CCC(N2CCNCC2)OC1. The molecule has 0 aliphatic carbocycles. The van der Waals surface area contributed by atoms with Crippen molar-refractivity contribution in [1.82, 2.24) is 10.2 Å². The number of hydrogen-bond acceptors (Lipinski definition) is 3. The highest BCUT2D eigenvalue weighted by Gasteiger charge is 2.22. The normalized spacial score (nSPS) is 33.5. The molecule has 0 aromatic heterocycles. The standard InChI is InChI=1S/C9H18N2O/c1-2-8-12-9(3-1)11-6-4-10-5-7-11/h9-10H,1-8H2. The lowest BCUT2D eigenvalue weighted by atomic mass is 10.1. The predicted octanol–water partition coefficient (Wildman–Crippen LogP) is 0.418. The average Bonchev–Trinajstić information content (AvgIpc) is 2.21. The largest absolute Gasteiger partial charge is 0.363 e. The molecule has 70 valence electrons. The van der Waals surface area contributed by atoms with Gasteiger partial charge in [0.15, 0.2) is 0 Å². The van der Waals surface area contributed by atoms with Gasteiger partial charge in [0.05, 0.1) is 0 Å². The Labute approximate surface area is 74.1 Å². The molecule has 0 radical (unpaired) electrons. The maximum absolute atomic E-state index is 5.72. The fourth-order valence-corrected chi connectivity index (χ4v) is 1.98. The molecule has 0 bridgehead atoms. The van der Waals surface area contributed by atoms with E-state index < -0.39 is 0 Å². The summed E-state index contributed by atoms with van der Waals surface area (Å²) in [6, 6.07) is 0. The summed E-state index contributed by atoms with van der Waals surface area (Å²) in [6.45, 7) is 5.53. The molecule has 0 spiro atoms. The van der Waals surface area contributed by atoms with E-state index in [0.717, 1.165) is 32.8 Å². The molecule has 3 nitrogen and oxygen atoms in total. The zero-order valence-electron chi connectivity index (χ0n) is 7.59. The number of hydrogen-bond donors (Lipinski definition) is 1. The fraction of sp³-hybridized carbons (Fsp3) is 1.00. The third-order valence-electron chi connectivity index (χ3n) is 2.71. The van der Waals surface area contributed by atoms with Gasteiger partial charge in [-0.25, -0.2) is 0 Å². The molecule has 0 saturated carbocycles. The molecule has 2 fully saturated rings. The molecule has 12 heavy (non-hydrogen) atoms. The van der Waals surface area contributed by atoms with E-state index in [1.807, 2.05) is 0 Å². The van der Waals surface area contributed by atoms with Crippen LogP contribution in [0.5, 0.6) is 0 Å². The van der Waals surface area contributed by atoms with Crippen molar-refractivity contribution in [3.8, 4) is 0 Å². The van der Waals surface area contributed by atoms with Crippen molar-refractivity contribution < 1.29 is 4.74 Å². The van der Waals surface area contributed by atoms with Crippen LogP contribution < -0.4 is 5.32 Å². The zero-order valence-corrected chi connectivity index (χ0v) is 7.59. The fourth-order valence-electron chi connectivity index (χ4n) is 1.98. The van der Waals surface area contributed by atoms with Crippen LogP contribution in [0.3, 0.4) is 0 Å². The van der Waals surface area contributed by atoms with Crippen LogP contribution in [0.15, 0.2) is 0 Å². The highest BCUT2D eigenvalue weighted by atomic mass is 16.5. The highest BCUT2D eigenvalue weighted by molar-refractivity contribution is 4.72. The Kier molecular flexibility index (Phi) is 2.98. The molecule has 2 aliphatic rings. The van der Waals surface area contributed by atoms with Gasteiger partial charge in [-0.15, -0.1) is 0 Å². The van der Waals surface area contributed by atoms with Crippen molar-refractivity contribution in [3.05, 3.63) is 0 Å². The molecule has 2 rings (SSSR count). The molecule has 2 aliphatic heterocycles. The average molecular weight is 170 g/mol. The van der Waals surface area contributed by atoms with E-state index in [1.54, 1.807) is 0 Å². The second kappa shape index (κ2) is 4.21. The molecule has 0 aromatic rings.